The SMILES string of the molecule is CCCCCN(C)c1ccc(CCl)cc1. The van der Waals surface area contributed by atoms with Gasteiger partial charge in [-0.1, -0.05) is 31.9 Å². The second-order valence-electron chi connectivity index (χ2n) is 3.93. The minimum Gasteiger partial charge on any atom is -0.375 e. The Bertz CT molecular complexity index is 268. The molecule has 0 radical (unpaired) electrons. The van der Waals surface area contributed by atoms with Gasteiger partial charge in [-0.3, -0.25) is 0 Å². The number of halogens is 1. The molecule has 0 heterocycles. The number of unbranched alkanes of at least 4 members (excludes halogenated alkanes) is 2. The average molecular weight is 226 g/mol. The second kappa shape index (κ2) is 6.73. The lowest BCUT2D eigenvalue weighted by atomic mass is 10.2. The predicted molar refractivity (Wildman–Crippen MR) is 68.8 cm³/mol. The molecule has 0 spiro atoms. The number of anilines is 1. The van der Waals surface area contributed by atoms with E-state index in [9.17, 15) is 0 Å². The molecule has 0 saturated heterocycles. The Labute approximate surface area is 98.0 Å². The van der Waals surface area contributed by atoms with Crippen LogP contribution in [0.4, 0.5) is 5.69 Å². The molecule has 0 unspecified atom stereocenters. The van der Waals surface area contributed by atoms with Gasteiger partial charge in [-0.15, -0.1) is 11.6 Å². The van der Waals surface area contributed by atoms with Gasteiger partial charge in [0.25, 0.3) is 0 Å². The number of rotatable bonds is 6. The first-order valence-corrected chi connectivity index (χ1v) is 6.17. The highest BCUT2D eigenvalue weighted by molar-refractivity contribution is 6.17. The number of benzene rings is 1. The Morgan fingerprint density at radius 1 is 1.13 bits per heavy atom. The van der Waals surface area contributed by atoms with Crippen molar-refractivity contribution in [2.45, 2.75) is 32.1 Å². The fourth-order valence-corrected chi connectivity index (χ4v) is 1.75. The van der Waals surface area contributed by atoms with Crippen LogP contribution < -0.4 is 4.90 Å². The van der Waals surface area contributed by atoms with Crippen LogP contribution in [0.25, 0.3) is 0 Å². The van der Waals surface area contributed by atoms with Gasteiger partial charge in [-0.2, -0.15) is 0 Å². The van der Waals surface area contributed by atoms with Crippen LogP contribution >= 0.6 is 11.6 Å². The summed E-state index contributed by atoms with van der Waals surface area (Å²) in [7, 11) is 2.14. The van der Waals surface area contributed by atoms with E-state index in [0.29, 0.717) is 5.88 Å². The zero-order chi connectivity index (χ0) is 11.1. The fraction of sp³-hybridized carbons (Fsp3) is 0.538. The molecular weight excluding hydrogens is 206 g/mol. The molecule has 2 heteroatoms. The summed E-state index contributed by atoms with van der Waals surface area (Å²) in [4.78, 5) is 2.30. The first-order valence-electron chi connectivity index (χ1n) is 5.64. The van der Waals surface area contributed by atoms with Gasteiger partial charge in [-0.05, 0) is 24.1 Å². The highest BCUT2D eigenvalue weighted by Gasteiger charge is 1.99. The molecule has 0 atom stereocenters. The Balaban J connectivity index is 2.46. The standard InChI is InChI=1S/C13H20ClN/c1-3-4-5-10-15(2)13-8-6-12(11-14)7-9-13/h6-9H,3-5,10-11H2,1-2H3. The molecule has 1 nitrogen and oxygen atoms in total. The lowest BCUT2D eigenvalue weighted by Crippen LogP contribution is -2.18. The van der Waals surface area contributed by atoms with Crippen LogP contribution in [0.3, 0.4) is 0 Å². The van der Waals surface area contributed by atoms with Gasteiger partial charge in [0.1, 0.15) is 0 Å². The first-order chi connectivity index (χ1) is 7.27. The zero-order valence-electron chi connectivity index (χ0n) is 9.67. The summed E-state index contributed by atoms with van der Waals surface area (Å²) in [6, 6.07) is 8.48. The van der Waals surface area contributed by atoms with E-state index in [0.717, 1.165) is 6.54 Å². The molecule has 0 aliphatic heterocycles. The maximum Gasteiger partial charge on any atom is 0.0474 e. The van der Waals surface area contributed by atoms with E-state index in [1.54, 1.807) is 0 Å². The number of hydrogen-bond donors (Lipinski definition) is 0. The van der Waals surface area contributed by atoms with E-state index in [4.69, 9.17) is 11.6 Å². The molecule has 1 aromatic rings. The average Bonchev–Trinajstić information content (AvgIpc) is 2.29. The molecule has 0 aliphatic carbocycles. The number of hydrogen-bond acceptors (Lipinski definition) is 1. The molecule has 84 valence electrons. The molecular formula is C13H20ClN. The quantitative estimate of drug-likeness (QED) is 0.522. The summed E-state index contributed by atoms with van der Waals surface area (Å²) in [6.07, 6.45) is 3.85. The highest BCUT2D eigenvalue weighted by atomic mass is 35.5. The van der Waals surface area contributed by atoms with Crippen molar-refractivity contribution in [3.63, 3.8) is 0 Å². The lowest BCUT2D eigenvalue weighted by Gasteiger charge is -2.19. The van der Waals surface area contributed by atoms with Crippen LogP contribution in [0.15, 0.2) is 24.3 Å². The van der Waals surface area contributed by atoms with Crippen LogP contribution in [-0.4, -0.2) is 13.6 Å². The minimum atomic E-state index is 0.597. The number of nitrogens with zero attached hydrogens (tertiary/aromatic N) is 1. The highest BCUT2D eigenvalue weighted by Crippen LogP contribution is 2.15. The normalized spacial score (nSPS) is 10.3. The Kier molecular flexibility index (Phi) is 5.56. The molecule has 15 heavy (non-hydrogen) atoms. The Morgan fingerprint density at radius 3 is 2.33 bits per heavy atom. The van der Waals surface area contributed by atoms with Gasteiger partial charge in [-0.25, -0.2) is 0 Å². The maximum absolute atomic E-state index is 5.75. The zero-order valence-corrected chi connectivity index (χ0v) is 10.4. The van der Waals surface area contributed by atoms with E-state index in [1.807, 2.05) is 0 Å². The van der Waals surface area contributed by atoms with Crippen molar-refractivity contribution in [3.05, 3.63) is 29.8 Å². The van der Waals surface area contributed by atoms with E-state index >= 15 is 0 Å². The number of alkyl halides is 1. The summed E-state index contributed by atoms with van der Waals surface area (Å²) in [5, 5.41) is 0. The largest absolute Gasteiger partial charge is 0.375 e. The van der Waals surface area contributed by atoms with Crippen molar-refractivity contribution >= 4 is 17.3 Å². The van der Waals surface area contributed by atoms with Gasteiger partial charge < -0.3 is 4.90 Å². The van der Waals surface area contributed by atoms with Gasteiger partial charge in [0.2, 0.25) is 0 Å². The fourth-order valence-electron chi connectivity index (χ4n) is 1.57. The third-order valence-electron chi connectivity index (χ3n) is 2.63. The molecule has 1 aromatic carbocycles. The van der Waals surface area contributed by atoms with E-state index in [1.165, 1.54) is 30.5 Å². The molecule has 0 N–H and O–H groups in total. The molecule has 1 rings (SSSR count). The minimum absolute atomic E-state index is 0.597. The van der Waals surface area contributed by atoms with Gasteiger partial charge >= 0.3 is 0 Å². The van der Waals surface area contributed by atoms with Crippen LogP contribution in [0, 0.1) is 0 Å². The third kappa shape index (κ3) is 4.13. The van der Waals surface area contributed by atoms with Crippen LogP contribution in [0.1, 0.15) is 31.7 Å². The molecule has 0 aromatic heterocycles. The first kappa shape index (κ1) is 12.4. The molecule has 0 fully saturated rings. The molecule has 0 bridgehead atoms. The van der Waals surface area contributed by atoms with Crippen molar-refractivity contribution in [1.82, 2.24) is 0 Å². The topological polar surface area (TPSA) is 3.24 Å². The summed E-state index contributed by atoms with van der Waals surface area (Å²) in [5.74, 6) is 0.597. The van der Waals surface area contributed by atoms with Crippen molar-refractivity contribution in [1.29, 1.82) is 0 Å². The van der Waals surface area contributed by atoms with E-state index < -0.39 is 0 Å². The molecule has 0 aliphatic rings. The molecule has 0 amide bonds. The molecule has 0 saturated carbocycles. The van der Waals surface area contributed by atoms with Crippen LogP contribution in [-0.2, 0) is 5.88 Å². The summed E-state index contributed by atoms with van der Waals surface area (Å²) in [6.45, 7) is 3.36. The van der Waals surface area contributed by atoms with Gasteiger partial charge in [0.15, 0.2) is 0 Å². The Hall–Kier alpha value is -0.690. The van der Waals surface area contributed by atoms with Crippen LogP contribution in [0.5, 0.6) is 0 Å². The Morgan fingerprint density at radius 2 is 1.80 bits per heavy atom. The smallest absolute Gasteiger partial charge is 0.0474 e. The second-order valence-corrected chi connectivity index (χ2v) is 4.20. The monoisotopic (exact) mass is 225 g/mol. The van der Waals surface area contributed by atoms with Crippen molar-refractivity contribution < 1.29 is 0 Å². The summed E-state index contributed by atoms with van der Waals surface area (Å²) >= 11 is 5.75. The summed E-state index contributed by atoms with van der Waals surface area (Å²) < 4.78 is 0. The van der Waals surface area contributed by atoms with E-state index in [2.05, 4.69) is 43.1 Å². The lowest BCUT2D eigenvalue weighted by molar-refractivity contribution is 0.705. The third-order valence-corrected chi connectivity index (χ3v) is 2.94. The van der Waals surface area contributed by atoms with Crippen LogP contribution in [0.2, 0.25) is 0 Å². The van der Waals surface area contributed by atoms with E-state index in [-0.39, 0.29) is 0 Å². The summed E-state index contributed by atoms with van der Waals surface area (Å²) in [5.41, 5.74) is 2.46. The van der Waals surface area contributed by atoms with Gasteiger partial charge in [0, 0.05) is 25.2 Å². The van der Waals surface area contributed by atoms with Crippen molar-refractivity contribution in [2.75, 3.05) is 18.5 Å². The van der Waals surface area contributed by atoms with Crippen molar-refractivity contribution in [3.8, 4) is 0 Å². The van der Waals surface area contributed by atoms with Gasteiger partial charge in [0.05, 0.1) is 0 Å². The van der Waals surface area contributed by atoms with Crippen molar-refractivity contribution in [2.24, 2.45) is 0 Å². The predicted octanol–water partition coefficient (Wildman–Crippen LogP) is 4.05. The maximum atomic E-state index is 5.75.